The second kappa shape index (κ2) is 11.4. The fourth-order valence-corrected chi connectivity index (χ4v) is 8.06. The van der Waals surface area contributed by atoms with Crippen molar-refractivity contribution in [3.8, 4) is 33.9 Å². The van der Waals surface area contributed by atoms with E-state index in [4.69, 9.17) is 9.40 Å². The van der Waals surface area contributed by atoms with E-state index < -0.39 is 0 Å². The monoisotopic (exact) mass is 679 g/mol. The third-order valence-corrected chi connectivity index (χ3v) is 10.5. The molecular formula is C48H29N3O2. The fraction of sp³-hybridized carbons (Fsp3) is 0. The van der Waals surface area contributed by atoms with Crippen LogP contribution in [0.25, 0.3) is 99.3 Å². The minimum Gasteiger partial charge on any atom is -0.456 e. The van der Waals surface area contributed by atoms with Crippen molar-refractivity contribution in [2.75, 3.05) is 0 Å². The SMILES string of the molecule is O=c1c2ccccc2nc(-c2ccc3oc4ccc(-c5ccc6c(c5)c5c7ccccc7ccc5n6-c5ccccc5)cc4c3c2)n1-c1ccccc1. The minimum atomic E-state index is -0.104. The van der Waals surface area contributed by atoms with E-state index in [9.17, 15) is 4.79 Å². The van der Waals surface area contributed by atoms with Gasteiger partial charge < -0.3 is 8.98 Å². The van der Waals surface area contributed by atoms with Gasteiger partial charge in [-0.15, -0.1) is 0 Å². The first kappa shape index (κ1) is 29.5. The lowest BCUT2D eigenvalue weighted by Crippen LogP contribution is -2.21. The predicted molar refractivity (Wildman–Crippen MR) is 217 cm³/mol. The summed E-state index contributed by atoms with van der Waals surface area (Å²) in [6.45, 7) is 0. The van der Waals surface area contributed by atoms with Crippen molar-refractivity contribution >= 4 is 65.4 Å². The van der Waals surface area contributed by atoms with E-state index in [-0.39, 0.29) is 5.56 Å². The lowest BCUT2D eigenvalue weighted by molar-refractivity contribution is 0.669. The van der Waals surface area contributed by atoms with Crippen LogP contribution in [0.15, 0.2) is 185 Å². The van der Waals surface area contributed by atoms with Gasteiger partial charge in [-0.2, -0.15) is 0 Å². The maximum atomic E-state index is 14.0. The Balaban J connectivity index is 1.12. The van der Waals surface area contributed by atoms with E-state index in [1.807, 2.05) is 66.7 Å². The summed E-state index contributed by atoms with van der Waals surface area (Å²) in [7, 11) is 0. The molecule has 5 heteroatoms. The van der Waals surface area contributed by atoms with Crippen LogP contribution in [0.3, 0.4) is 0 Å². The Kier molecular flexibility index (Phi) is 6.34. The molecule has 0 radical (unpaired) electrons. The zero-order valence-electron chi connectivity index (χ0n) is 28.4. The second-order valence-corrected chi connectivity index (χ2v) is 13.5. The van der Waals surface area contributed by atoms with Crippen molar-refractivity contribution in [3.05, 3.63) is 186 Å². The molecule has 0 atom stereocenters. The van der Waals surface area contributed by atoms with Crippen LogP contribution in [0.2, 0.25) is 0 Å². The largest absolute Gasteiger partial charge is 0.456 e. The summed E-state index contributed by atoms with van der Waals surface area (Å²) >= 11 is 0. The van der Waals surface area contributed by atoms with E-state index in [1.54, 1.807) is 4.57 Å². The topological polar surface area (TPSA) is 53.0 Å². The number of nitrogens with zero attached hydrogens (tertiary/aromatic N) is 3. The van der Waals surface area contributed by atoms with Crippen LogP contribution >= 0.6 is 0 Å². The third kappa shape index (κ3) is 4.51. The van der Waals surface area contributed by atoms with Crippen molar-refractivity contribution in [1.29, 1.82) is 0 Å². The van der Waals surface area contributed by atoms with E-state index in [1.165, 1.54) is 27.1 Å². The zero-order valence-corrected chi connectivity index (χ0v) is 28.4. The number of fused-ring (bicyclic) bond motifs is 9. The molecule has 0 amide bonds. The Labute approximate surface area is 303 Å². The molecule has 8 aromatic carbocycles. The van der Waals surface area contributed by atoms with Crippen molar-refractivity contribution < 1.29 is 4.42 Å². The van der Waals surface area contributed by atoms with Crippen molar-refractivity contribution in [2.45, 2.75) is 0 Å². The molecule has 3 aromatic heterocycles. The van der Waals surface area contributed by atoms with Gasteiger partial charge in [-0.05, 0) is 107 Å². The van der Waals surface area contributed by atoms with Gasteiger partial charge in [0.25, 0.3) is 5.56 Å². The molecule has 0 fully saturated rings. The molecule has 0 N–H and O–H groups in total. The van der Waals surface area contributed by atoms with Crippen LogP contribution in [0, 0.1) is 0 Å². The number of rotatable bonds is 4. The fourth-order valence-electron chi connectivity index (χ4n) is 8.06. The van der Waals surface area contributed by atoms with Crippen LogP contribution in [0.4, 0.5) is 0 Å². The van der Waals surface area contributed by atoms with Crippen LogP contribution < -0.4 is 5.56 Å². The van der Waals surface area contributed by atoms with Crippen molar-refractivity contribution in [3.63, 3.8) is 0 Å². The smallest absolute Gasteiger partial charge is 0.266 e. The average Bonchev–Trinajstić information content (AvgIpc) is 3.76. The molecule has 53 heavy (non-hydrogen) atoms. The first-order valence-electron chi connectivity index (χ1n) is 17.8. The van der Waals surface area contributed by atoms with E-state index >= 15 is 0 Å². The molecule has 11 rings (SSSR count). The van der Waals surface area contributed by atoms with E-state index in [0.29, 0.717) is 16.7 Å². The van der Waals surface area contributed by atoms with Gasteiger partial charge in [0, 0.05) is 32.8 Å². The molecule has 0 saturated heterocycles. The number of hydrogen-bond donors (Lipinski definition) is 0. The summed E-state index contributed by atoms with van der Waals surface area (Å²) < 4.78 is 10.5. The Morgan fingerprint density at radius 3 is 1.75 bits per heavy atom. The van der Waals surface area contributed by atoms with Gasteiger partial charge in [0.05, 0.1) is 27.6 Å². The molecule has 5 nitrogen and oxygen atoms in total. The first-order valence-corrected chi connectivity index (χ1v) is 17.8. The number of para-hydroxylation sites is 3. The molecule has 11 aromatic rings. The molecule has 0 saturated carbocycles. The highest BCUT2D eigenvalue weighted by Gasteiger charge is 2.19. The Morgan fingerprint density at radius 2 is 1.00 bits per heavy atom. The Morgan fingerprint density at radius 1 is 0.434 bits per heavy atom. The maximum Gasteiger partial charge on any atom is 0.266 e. The quantitative estimate of drug-likeness (QED) is 0.186. The van der Waals surface area contributed by atoms with Crippen LogP contribution in [0.1, 0.15) is 0 Å². The van der Waals surface area contributed by atoms with E-state index in [0.717, 1.165) is 55.5 Å². The summed E-state index contributed by atoms with van der Waals surface area (Å²) in [5.41, 5.74) is 9.45. The van der Waals surface area contributed by atoms with Gasteiger partial charge in [-0.3, -0.25) is 9.36 Å². The molecule has 0 bridgehead atoms. The molecule has 0 aliphatic heterocycles. The summed E-state index contributed by atoms with van der Waals surface area (Å²) in [6.07, 6.45) is 0. The minimum absolute atomic E-state index is 0.104. The highest BCUT2D eigenvalue weighted by molar-refractivity contribution is 6.22. The second-order valence-electron chi connectivity index (χ2n) is 13.5. The van der Waals surface area contributed by atoms with Crippen LogP contribution in [0.5, 0.6) is 0 Å². The summed E-state index contributed by atoms with van der Waals surface area (Å²) in [4.78, 5) is 19.0. The highest BCUT2D eigenvalue weighted by atomic mass is 16.3. The molecule has 0 unspecified atom stereocenters. The first-order chi connectivity index (χ1) is 26.2. The molecule has 0 spiro atoms. The number of benzene rings is 8. The number of hydrogen-bond acceptors (Lipinski definition) is 3. The van der Waals surface area contributed by atoms with Crippen LogP contribution in [-0.4, -0.2) is 14.1 Å². The molecule has 0 aliphatic carbocycles. The summed E-state index contributed by atoms with van der Waals surface area (Å²) in [5, 5.41) is 7.46. The van der Waals surface area contributed by atoms with Gasteiger partial charge in [0.1, 0.15) is 17.0 Å². The molecular weight excluding hydrogens is 651 g/mol. The molecule has 3 heterocycles. The Bertz CT molecular complexity index is 3300. The summed E-state index contributed by atoms with van der Waals surface area (Å²) in [5.74, 6) is 0.583. The zero-order chi connectivity index (χ0) is 35.0. The average molecular weight is 680 g/mol. The van der Waals surface area contributed by atoms with Gasteiger partial charge in [0.2, 0.25) is 0 Å². The Hall–Kier alpha value is -7.24. The highest BCUT2D eigenvalue weighted by Crippen LogP contribution is 2.40. The van der Waals surface area contributed by atoms with Gasteiger partial charge in [-0.1, -0.05) is 91.0 Å². The third-order valence-electron chi connectivity index (χ3n) is 10.5. The molecule has 248 valence electrons. The lowest BCUT2D eigenvalue weighted by atomic mass is 9.98. The predicted octanol–water partition coefficient (Wildman–Crippen LogP) is 11.9. The van der Waals surface area contributed by atoms with Crippen molar-refractivity contribution in [2.24, 2.45) is 0 Å². The van der Waals surface area contributed by atoms with Gasteiger partial charge >= 0.3 is 0 Å². The van der Waals surface area contributed by atoms with Crippen LogP contribution in [-0.2, 0) is 0 Å². The van der Waals surface area contributed by atoms with Gasteiger partial charge in [0.15, 0.2) is 0 Å². The standard InChI is InChI=1S/C48H29N3O2/c52-48-37-17-9-10-18-41(37)49-47(51(48)35-14-5-2-6-15-35)33-22-26-45-39(29-33)38-27-32(21-25-44(38)53-45)31-20-23-42-40(28-31)46-36-16-8-7-11-30(36)19-24-43(46)50(42)34-12-3-1-4-13-34/h1-29H. The number of furan rings is 1. The van der Waals surface area contributed by atoms with Crippen molar-refractivity contribution in [1.82, 2.24) is 14.1 Å². The normalized spacial score (nSPS) is 11.8. The lowest BCUT2D eigenvalue weighted by Gasteiger charge is -2.14. The molecule has 0 aliphatic rings. The van der Waals surface area contributed by atoms with Gasteiger partial charge in [-0.25, -0.2) is 4.98 Å². The van der Waals surface area contributed by atoms with E-state index in [2.05, 4.69) is 114 Å². The maximum absolute atomic E-state index is 14.0. The number of aromatic nitrogens is 3. The summed E-state index contributed by atoms with van der Waals surface area (Å²) in [6, 6.07) is 60.2.